The lowest BCUT2D eigenvalue weighted by Gasteiger charge is -2.10. The maximum absolute atomic E-state index is 12.8. The second-order valence-corrected chi connectivity index (χ2v) is 8.30. The minimum Gasteiger partial charge on any atom is -0.375 e. The van der Waals surface area contributed by atoms with Gasteiger partial charge in [-0.1, -0.05) is 60.7 Å². The largest absolute Gasteiger partial charge is 0.375 e. The number of carbonyl (C=O) groups is 1. The Morgan fingerprint density at radius 2 is 1.60 bits per heavy atom. The molecule has 8 heteroatoms. The van der Waals surface area contributed by atoms with Crippen molar-refractivity contribution >= 4 is 17.3 Å². The van der Waals surface area contributed by atoms with Crippen LogP contribution in [-0.2, 0) is 19.6 Å². The van der Waals surface area contributed by atoms with Crippen molar-refractivity contribution in [3.05, 3.63) is 123 Å². The van der Waals surface area contributed by atoms with E-state index in [1.807, 2.05) is 79.2 Å². The van der Waals surface area contributed by atoms with E-state index in [2.05, 4.69) is 15.7 Å². The van der Waals surface area contributed by atoms with Gasteiger partial charge in [0.25, 0.3) is 11.6 Å². The van der Waals surface area contributed by atoms with Crippen LogP contribution in [-0.4, -0.2) is 20.6 Å². The van der Waals surface area contributed by atoms with Crippen molar-refractivity contribution in [1.82, 2.24) is 15.1 Å². The van der Waals surface area contributed by atoms with Crippen LogP contribution < -0.4 is 10.6 Å². The summed E-state index contributed by atoms with van der Waals surface area (Å²) in [5.74, 6) is -0.377. The van der Waals surface area contributed by atoms with Gasteiger partial charge in [-0.15, -0.1) is 0 Å². The van der Waals surface area contributed by atoms with E-state index in [0.29, 0.717) is 18.8 Å². The summed E-state index contributed by atoms with van der Waals surface area (Å²) in [6.45, 7) is 5.26. The molecule has 0 spiro atoms. The molecule has 0 unspecified atom stereocenters. The fraction of sp³-hybridized carbons (Fsp3) is 0.185. The number of hydrogen-bond donors (Lipinski definition) is 2. The van der Waals surface area contributed by atoms with Crippen LogP contribution >= 0.6 is 0 Å². The van der Waals surface area contributed by atoms with Crippen LogP contribution in [0.25, 0.3) is 0 Å². The van der Waals surface area contributed by atoms with Gasteiger partial charge in [-0.05, 0) is 37.1 Å². The van der Waals surface area contributed by atoms with Gasteiger partial charge in [-0.2, -0.15) is 5.10 Å². The Morgan fingerprint density at radius 3 is 2.26 bits per heavy atom. The smallest absolute Gasteiger partial charge is 0.293 e. The SMILES string of the molecule is Cc1nn(Cc2ccccc2)c(C)c1CNC(=O)c1ccc(NCc2ccccc2)c([N+](=O)[O-])c1. The van der Waals surface area contributed by atoms with E-state index >= 15 is 0 Å². The molecule has 3 aromatic carbocycles. The molecule has 0 saturated carbocycles. The van der Waals surface area contributed by atoms with Gasteiger partial charge in [0, 0.05) is 36.0 Å². The van der Waals surface area contributed by atoms with Gasteiger partial charge in [-0.3, -0.25) is 19.6 Å². The average molecular weight is 470 g/mol. The van der Waals surface area contributed by atoms with Crippen molar-refractivity contribution in [3.8, 4) is 0 Å². The molecule has 0 saturated heterocycles. The molecule has 1 aromatic heterocycles. The lowest BCUT2D eigenvalue weighted by molar-refractivity contribution is -0.384. The molecule has 0 aliphatic heterocycles. The molecule has 0 radical (unpaired) electrons. The Labute approximate surface area is 203 Å². The zero-order valence-electron chi connectivity index (χ0n) is 19.7. The highest BCUT2D eigenvalue weighted by atomic mass is 16.6. The summed E-state index contributed by atoms with van der Waals surface area (Å²) < 4.78 is 1.92. The summed E-state index contributed by atoms with van der Waals surface area (Å²) in [6, 6.07) is 24.1. The first kappa shape index (κ1) is 23.7. The Morgan fingerprint density at radius 1 is 0.943 bits per heavy atom. The second-order valence-electron chi connectivity index (χ2n) is 8.30. The number of aromatic nitrogens is 2. The van der Waals surface area contributed by atoms with Crippen molar-refractivity contribution in [2.75, 3.05) is 5.32 Å². The van der Waals surface area contributed by atoms with E-state index in [1.165, 1.54) is 6.07 Å². The van der Waals surface area contributed by atoms with Crippen molar-refractivity contribution in [2.45, 2.75) is 33.5 Å². The number of carbonyl (C=O) groups excluding carboxylic acids is 1. The molecule has 35 heavy (non-hydrogen) atoms. The van der Waals surface area contributed by atoms with Crippen LogP contribution in [0, 0.1) is 24.0 Å². The third-order valence-corrected chi connectivity index (χ3v) is 5.91. The van der Waals surface area contributed by atoms with Gasteiger partial charge >= 0.3 is 0 Å². The maximum atomic E-state index is 12.8. The van der Waals surface area contributed by atoms with Crippen molar-refractivity contribution < 1.29 is 9.72 Å². The fourth-order valence-electron chi connectivity index (χ4n) is 3.94. The van der Waals surface area contributed by atoms with E-state index in [-0.39, 0.29) is 23.7 Å². The Hall–Kier alpha value is -4.46. The fourth-order valence-corrected chi connectivity index (χ4v) is 3.94. The van der Waals surface area contributed by atoms with Crippen LogP contribution in [0.4, 0.5) is 11.4 Å². The molecule has 0 aliphatic carbocycles. The summed E-state index contributed by atoms with van der Waals surface area (Å²) >= 11 is 0. The van der Waals surface area contributed by atoms with Crippen LogP contribution in [0.15, 0.2) is 78.9 Å². The zero-order chi connectivity index (χ0) is 24.8. The van der Waals surface area contributed by atoms with Crippen molar-refractivity contribution in [1.29, 1.82) is 0 Å². The van der Waals surface area contributed by atoms with E-state index in [0.717, 1.165) is 28.1 Å². The lowest BCUT2D eigenvalue weighted by atomic mass is 10.1. The Bertz CT molecular complexity index is 1330. The second kappa shape index (κ2) is 10.6. The lowest BCUT2D eigenvalue weighted by Crippen LogP contribution is -2.23. The topological polar surface area (TPSA) is 102 Å². The van der Waals surface area contributed by atoms with Gasteiger partial charge in [-0.25, -0.2) is 0 Å². The van der Waals surface area contributed by atoms with Crippen molar-refractivity contribution in [3.63, 3.8) is 0 Å². The molecule has 4 aromatic rings. The van der Waals surface area contributed by atoms with E-state index < -0.39 is 4.92 Å². The highest BCUT2D eigenvalue weighted by molar-refractivity contribution is 5.95. The Balaban J connectivity index is 1.44. The number of hydrogen-bond acceptors (Lipinski definition) is 5. The van der Waals surface area contributed by atoms with Crippen LogP contribution in [0.3, 0.4) is 0 Å². The predicted octanol–water partition coefficient (Wildman–Crippen LogP) is 5.00. The summed E-state index contributed by atoms with van der Waals surface area (Å²) in [5, 5.41) is 22.2. The minimum absolute atomic E-state index is 0.142. The summed E-state index contributed by atoms with van der Waals surface area (Å²) in [7, 11) is 0. The third-order valence-electron chi connectivity index (χ3n) is 5.91. The molecule has 1 amide bonds. The van der Waals surface area contributed by atoms with Gasteiger partial charge < -0.3 is 10.6 Å². The zero-order valence-corrected chi connectivity index (χ0v) is 19.7. The van der Waals surface area contributed by atoms with E-state index in [9.17, 15) is 14.9 Å². The number of nitro benzene ring substituents is 1. The van der Waals surface area contributed by atoms with E-state index in [4.69, 9.17) is 0 Å². The Kier molecular flexibility index (Phi) is 7.21. The maximum Gasteiger partial charge on any atom is 0.293 e. The summed E-state index contributed by atoms with van der Waals surface area (Å²) in [4.78, 5) is 24.0. The molecule has 178 valence electrons. The number of aryl methyl sites for hydroxylation is 1. The first-order valence-corrected chi connectivity index (χ1v) is 11.3. The first-order chi connectivity index (χ1) is 16.9. The minimum atomic E-state index is -0.480. The molecule has 4 rings (SSSR count). The van der Waals surface area contributed by atoms with Gasteiger partial charge in [0.15, 0.2) is 0 Å². The monoisotopic (exact) mass is 469 g/mol. The third kappa shape index (κ3) is 5.73. The van der Waals surface area contributed by atoms with Crippen LogP contribution in [0.1, 0.15) is 38.4 Å². The number of benzene rings is 3. The normalized spacial score (nSPS) is 10.7. The molecule has 0 bridgehead atoms. The van der Waals surface area contributed by atoms with Crippen molar-refractivity contribution in [2.24, 2.45) is 0 Å². The molecule has 0 atom stereocenters. The number of nitrogens with zero attached hydrogens (tertiary/aromatic N) is 3. The predicted molar refractivity (Wildman–Crippen MR) is 135 cm³/mol. The van der Waals surface area contributed by atoms with Gasteiger partial charge in [0.2, 0.25) is 0 Å². The van der Waals surface area contributed by atoms with Gasteiger partial charge in [0.1, 0.15) is 5.69 Å². The molecular weight excluding hydrogens is 442 g/mol. The number of nitrogens with one attached hydrogen (secondary N) is 2. The highest BCUT2D eigenvalue weighted by Gasteiger charge is 2.19. The molecule has 8 nitrogen and oxygen atoms in total. The van der Waals surface area contributed by atoms with E-state index in [1.54, 1.807) is 12.1 Å². The van der Waals surface area contributed by atoms with Crippen LogP contribution in [0.5, 0.6) is 0 Å². The molecule has 0 fully saturated rings. The average Bonchev–Trinajstić information content (AvgIpc) is 3.14. The summed E-state index contributed by atoms with van der Waals surface area (Å²) in [5.41, 5.74) is 5.34. The number of anilines is 1. The van der Waals surface area contributed by atoms with Crippen LogP contribution in [0.2, 0.25) is 0 Å². The number of rotatable bonds is 9. The molecule has 2 N–H and O–H groups in total. The first-order valence-electron chi connectivity index (χ1n) is 11.3. The quantitative estimate of drug-likeness (QED) is 0.265. The number of nitro groups is 1. The highest BCUT2D eigenvalue weighted by Crippen LogP contribution is 2.26. The molecular formula is C27H27N5O3. The molecule has 1 heterocycles. The van der Waals surface area contributed by atoms with Gasteiger partial charge in [0.05, 0.1) is 17.2 Å². The molecule has 0 aliphatic rings. The summed E-state index contributed by atoms with van der Waals surface area (Å²) in [6.07, 6.45) is 0. The standard InChI is InChI=1S/C27H27N5O3/c1-19-24(20(2)31(30-19)18-22-11-7-4-8-12-22)17-29-27(33)23-13-14-25(26(15-23)32(34)35)28-16-21-9-5-3-6-10-21/h3-15,28H,16-18H2,1-2H3,(H,29,33). The number of amides is 1.